The van der Waals surface area contributed by atoms with Crippen LogP contribution in [0.5, 0.6) is 23.0 Å². The zero-order valence-electron chi connectivity index (χ0n) is 27.2. The van der Waals surface area contributed by atoms with E-state index < -0.39 is 0 Å². The minimum Gasteiger partial charge on any atom is -0.506 e. The zero-order valence-corrected chi connectivity index (χ0v) is 28.8. The van der Waals surface area contributed by atoms with Gasteiger partial charge < -0.3 is 29.9 Å². The third-order valence-corrected chi connectivity index (χ3v) is 9.82. The molecule has 1 amide bonds. The maximum Gasteiger partial charge on any atom is 0.246 e. The number of carbonyl (C=O) groups is 1. The number of hydrogen-bond acceptors (Lipinski definition) is 8. The second kappa shape index (κ2) is 15.6. The summed E-state index contributed by atoms with van der Waals surface area (Å²) in [7, 11) is 0. The van der Waals surface area contributed by atoms with Crippen molar-refractivity contribution in [2.75, 3.05) is 26.2 Å². The van der Waals surface area contributed by atoms with Gasteiger partial charge in [0.15, 0.2) is 0 Å². The first kappa shape index (κ1) is 36.0. The van der Waals surface area contributed by atoms with Crippen molar-refractivity contribution in [1.82, 2.24) is 10.2 Å². The molecule has 11 heteroatoms. The molecule has 8 rings (SSSR count). The zero-order chi connectivity index (χ0) is 34.8. The fourth-order valence-corrected chi connectivity index (χ4v) is 6.90. The average molecular weight is 728 g/mol. The van der Waals surface area contributed by atoms with Crippen LogP contribution in [0.1, 0.15) is 42.5 Å². The molecule has 4 aliphatic rings. The normalized spacial score (nSPS) is 18.0. The molecule has 2 saturated heterocycles. The Bertz CT molecular complexity index is 2020. The standard InChI is InChI=1S/C21H19ClN2O3.C18H17ClN2O2.CH4/c1-2-21(26)24-6-5-16(12-24)27-20-9-14(7-15-10-23-11-17(15)20)13-3-4-19(25)18(22)8-13;19-16-6-11(1-2-17(16)22)12-5-13-8-21-10-15(13)18(7-12)23-14-3-4-20-9-14;/h2-4,7-9,11,16,25H,1,5-6,10,12H2;1-2,5-7,10,14,20,22H,3-4,8-9H2;1H4/t16-;14-;/m00./s1. The van der Waals surface area contributed by atoms with E-state index in [1.165, 1.54) is 6.08 Å². The molecular weight excluding hydrogens is 687 g/mol. The number of carbonyl (C=O) groups excluding carboxylic acids is 1. The van der Waals surface area contributed by atoms with Crippen LogP contribution in [0.25, 0.3) is 22.3 Å². The molecule has 0 aromatic heterocycles. The molecule has 2 atom stereocenters. The number of rotatable bonds is 7. The first-order valence-electron chi connectivity index (χ1n) is 16.5. The predicted molar refractivity (Wildman–Crippen MR) is 204 cm³/mol. The van der Waals surface area contributed by atoms with Crippen LogP contribution in [0.4, 0.5) is 0 Å². The second-order valence-electron chi connectivity index (χ2n) is 12.6. The smallest absolute Gasteiger partial charge is 0.246 e. The Labute approximate surface area is 307 Å². The maximum absolute atomic E-state index is 11.8. The van der Waals surface area contributed by atoms with E-state index in [9.17, 15) is 15.0 Å². The summed E-state index contributed by atoms with van der Waals surface area (Å²) in [5.74, 6) is 1.70. The first-order valence-corrected chi connectivity index (χ1v) is 17.3. The molecule has 9 nitrogen and oxygen atoms in total. The Morgan fingerprint density at radius 2 is 1.35 bits per heavy atom. The second-order valence-corrected chi connectivity index (χ2v) is 13.4. The van der Waals surface area contributed by atoms with Gasteiger partial charge in [0.1, 0.15) is 35.2 Å². The highest BCUT2D eigenvalue weighted by Crippen LogP contribution is 2.38. The van der Waals surface area contributed by atoms with Gasteiger partial charge >= 0.3 is 0 Å². The van der Waals surface area contributed by atoms with E-state index in [0.29, 0.717) is 36.2 Å². The summed E-state index contributed by atoms with van der Waals surface area (Å²) in [6.45, 7) is 7.91. The summed E-state index contributed by atoms with van der Waals surface area (Å²) >= 11 is 12.1. The number of phenols is 2. The number of likely N-dealkylation sites (tertiary alicyclic amines) is 1. The number of aliphatic imine (C=N–C) groups is 2. The SMILES string of the molecule is C.C=CC(=O)N1CC[C@H](Oc2cc(-c3ccc(O)c(Cl)c3)cc3c2C=NC3)C1.Oc1ccc(-c2cc3c(c(O[C@H]4CCNC4)c2)C=NC3)cc1Cl. The van der Waals surface area contributed by atoms with Crippen molar-refractivity contribution >= 4 is 41.5 Å². The van der Waals surface area contributed by atoms with Gasteiger partial charge in [0.05, 0.1) is 29.7 Å². The molecule has 4 heterocycles. The molecule has 0 saturated carbocycles. The largest absolute Gasteiger partial charge is 0.506 e. The monoisotopic (exact) mass is 726 g/mol. The molecule has 3 N–H and O–H groups in total. The number of fused-ring (bicyclic) bond motifs is 2. The number of nitrogens with zero attached hydrogens (tertiary/aromatic N) is 3. The highest BCUT2D eigenvalue weighted by atomic mass is 35.5. The third kappa shape index (κ3) is 7.91. The molecule has 0 radical (unpaired) electrons. The van der Waals surface area contributed by atoms with E-state index >= 15 is 0 Å². The van der Waals surface area contributed by atoms with Gasteiger partial charge in [0, 0.05) is 43.1 Å². The van der Waals surface area contributed by atoms with Crippen molar-refractivity contribution in [3.63, 3.8) is 0 Å². The topological polar surface area (TPSA) is 116 Å². The summed E-state index contributed by atoms with van der Waals surface area (Å²) in [4.78, 5) is 22.3. The van der Waals surface area contributed by atoms with Gasteiger partial charge in [-0.25, -0.2) is 0 Å². The van der Waals surface area contributed by atoms with E-state index in [4.69, 9.17) is 32.7 Å². The van der Waals surface area contributed by atoms with Crippen molar-refractivity contribution in [1.29, 1.82) is 0 Å². The lowest BCUT2D eigenvalue weighted by Crippen LogP contribution is -2.29. The number of benzene rings is 4. The van der Waals surface area contributed by atoms with Gasteiger partial charge in [0.2, 0.25) is 5.91 Å². The van der Waals surface area contributed by atoms with Crippen LogP contribution < -0.4 is 14.8 Å². The van der Waals surface area contributed by atoms with E-state index in [2.05, 4.69) is 34.0 Å². The number of amides is 1. The van der Waals surface area contributed by atoms with E-state index in [1.807, 2.05) is 36.7 Å². The number of phenolic OH excluding ortho intramolecular Hbond substituents is 2. The van der Waals surface area contributed by atoms with Crippen LogP contribution in [0.15, 0.2) is 83.3 Å². The fourth-order valence-electron chi connectivity index (χ4n) is 6.54. The summed E-state index contributed by atoms with van der Waals surface area (Å²) in [6, 6.07) is 18.6. The van der Waals surface area contributed by atoms with Crippen LogP contribution in [-0.4, -0.2) is 71.8 Å². The van der Waals surface area contributed by atoms with E-state index in [1.54, 1.807) is 29.2 Å². The van der Waals surface area contributed by atoms with Crippen molar-refractivity contribution in [2.24, 2.45) is 9.98 Å². The minimum atomic E-state index is -0.0691. The molecule has 0 aliphatic carbocycles. The van der Waals surface area contributed by atoms with Gasteiger partial charge in [-0.2, -0.15) is 0 Å². The molecule has 264 valence electrons. The predicted octanol–water partition coefficient (Wildman–Crippen LogP) is 7.83. The number of hydrogen-bond donors (Lipinski definition) is 3. The maximum atomic E-state index is 11.8. The molecular formula is C40H40Cl2N4O5. The number of nitrogens with one attached hydrogen (secondary N) is 1. The highest BCUT2D eigenvalue weighted by molar-refractivity contribution is 6.32. The molecule has 0 bridgehead atoms. The Morgan fingerprint density at radius 1 is 0.804 bits per heavy atom. The van der Waals surface area contributed by atoms with Gasteiger partial charge in [-0.15, -0.1) is 0 Å². The van der Waals surface area contributed by atoms with E-state index in [0.717, 1.165) is 81.9 Å². The molecule has 0 unspecified atom stereocenters. The Kier molecular flexibility index (Phi) is 11.0. The molecule has 4 aromatic carbocycles. The van der Waals surface area contributed by atoms with Crippen molar-refractivity contribution in [2.45, 2.75) is 45.6 Å². The molecule has 51 heavy (non-hydrogen) atoms. The van der Waals surface area contributed by atoms with Crippen molar-refractivity contribution < 1.29 is 24.5 Å². The van der Waals surface area contributed by atoms with Crippen LogP contribution in [0, 0.1) is 0 Å². The van der Waals surface area contributed by atoms with Crippen LogP contribution >= 0.6 is 23.2 Å². The Balaban J connectivity index is 0.000000174. The number of aromatic hydroxyl groups is 2. The highest BCUT2D eigenvalue weighted by Gasteiger charge is 2.28. The molecule has 4 aliphatic heterocycles. The van der Waals surface area contributed by atoms with Crippen LogP contribution in [0.2, 0.25) is 10.0 Å². The lowest BCUT2D eigenvalue weighted by molar-refractivity contribution is -0.125. The van der Waals surface area contributed by atoms with Crippen LogP contribution in [-0.2, 0) is 17.9 Å². The lowest BCUT2D eigenvalue weighted by atomic mass is 9.99. The summed E-state index contributed by atoms with van der Waals surface area (Å²) in [6.07, 6.45) is 6.99. The summed E-state index contributed by atoms with van der Waals surface area (Å²) < 4.78 is 12.5. The lowest BCUT2D eigenvalue weighted by Gasteiger charge is -2.18. The third-order valence-electron chi connectivity index (χ3n) is 9.22. The molecule has 2 fully saturated rings. The summed E-state index contributed by atoms with van der Waals surface area (Å²) in [5, 5.41) is 23.2. The number of ether oxygens (including phenoxy) is 2. The Hall–Kier alpha value is -4.83. The van der Waals surface area contributed by atoms with Crippen molar-refractivity contribution in [3.8, 4) is 45.3 Å². The summed E-state index contributed by atoms with van der Waals surface area (Å²) in [5.41, 5.74) is 8.13. The molecule has 0 spiro atoms. The van der Waals surface area contributed by atoms with Gasteiger partial charge in [-0.05, 0) is 101 Å². The molecule has 4 aromatic rings. The first-order chi connectivity index (χ1) is 24.2. The van der Waals surface area contributed by atoms with E-state index in [-0.39, 0.29) is 37.0 Å². The quantitative estimate of drug-likeness (QED) is 0.167. The fraction of sp³-hybridized carbons (Fsp3) is 0.275. The van der Waals surface area contributed by atoms with Gasteiger partial charge in [-0.3, -0.25) is 14.8 Å². The average Bonchev–Trinajstić information content (AvgIpc) is 3.95. The Morgan fingerprint density at radius 3 is 1.84 bits per heavy atom. The minimum absolute atomic E-state index is 0. The number of halogens is 2. The van der Waals surface area contributed by atoms with Gasteiger partial charge in [-0.1, -0.05) is 49.3 Å². The van der Waals surface area contributed by atoms with Crippen LogP contribution in [0.3, 0.4) is 0 Å². The van der Waals surface area contributed by atoms with Gasteiger partial charge in [0.25, 0.3) is 0 Å². The van der Waals surface area contributed by atoms with Crippen molar-refractivity contribution in [3.05, 3.63) is 106 Å².